The molecule has 1 aromatic heterocycles. The molecule has 0 saturated heterocycles. The van der Waals surface area contributed by atoms with Gasteiger partial charge in [-0.05, 0) is 25.8 Å². The van der Waals surface area contributed by atoms with Crippen LogP contribution in [-0.4, -0.2) is 27.4 Å². The Bertz CT molecular complexity index is 421. The smallest absolute Gasteiger partial charge is 0.354 e. The van der Waals surface area contributed by atoms with Gasteiger partial charge in [-0.25, -0.2) is 4.79 Å². The van der Waals surface area contributed by atoms with E-state index in [4.69, 9.17) is 0 Å². The summed E-state index contributed by atoms with van der Waals surface area (Å²) in [5, 5.41) is 16.8. The summed E-state index contributed by atoms with van der Waals surface area (Å²) in [6, 6.07) is 0.335. The van der Waals surface area contributed by atoms with Crippen molar-refractivity contribution in [2.45, 2.75) is 31.8 Å². The van der Waals surface area contributed by atoms with E-state index in [1.54, 1.807) is 4.68 Å². The fourth-order valence-electron chi connectivity index (χ4n) is 2.15. The van der Waals surface area contributed by atoms with E-state index in [9.17, 15) is 9.90 Å². The van der Waals surface area contributed by atoms with E-state index >= 15 is 0 Å². The molecule has 0 radical (unpaired) electrons. The molecule has 1 aromatic rings. The number of nitrogens with one attached hydrogen (secondary N) is 1. The van der Waals surface area contributed by atoms with Crippen LogP contribution in [0.5, 0.6) is 0 Å². The molecule has 15 heavy (non-hydrogen) atoms. The quantitative estimate of drug-likeness (QED) is 0.743. The van der Waals surface area contributed by atoms with Gasteiger partial charge in [0.15, 0.2) is 0 Å². The van der Waals surface area contributed by atoms with E-state index in [1.807, 2.05) is 0 Å². The van der Waals surface area contributed by atoms with Crippen LogP contribution >= 0.6 is 0 Å². The molecule has 0 aromatic carbocycles. The third-order valence-corrected chi connectivity index (χ3v) is 3.03. The normalized spacial score (nSPS) is 20.0. The Morgan fingerprint density at radius 2 is 2.33 bits per heavy atom. The molecule has 2 aliphatic rings. The van der Waals surface area contributed by atoms with Crippen molar-refractivity contribution >= 4 is 5.97 Å². The molecule has 3 rings (SSSR count). The molecule has 5 nitrogen and oxygen atoms in total. The molecule has 1 fully saturated rings. The molecule has 5 heteroatoms. The minimum atomic E-state index is -0.836. The Hall–Kier alpha value is -1.36. The van der Waals surface area contributed by atoms with E-state index in [0.717, 1.165) is 37.1 Å². The SMILES string of the molecule is O=C(O)c1c2c(nn1C1CC1)CNCC2. The summed E-state index contributed by atoms with van der Waals surface area (Å²) in [4.78, 5) is 11.2. The number of fused-ring (bicyclic) bond motifs is 1. The maximum Gasteiger partial charge on any atom is 0.354 e. The first-order chi connectivity index (χ1) is 7.27. The van der Waals surface area contributed by atoms with Crippen molar-refractivity contribution in [3.63, 3.8) is 0 Å². The maximum absolute atomic E-state index is 11.2. The van der Waals surface area contributed by atoms with Gasteiger partial charge in [-0.1, -0.05) is 0 Å². The number of nitrogens with zero attached hydrogens (tertiary/aromatic N) is 2. The van der Waals surface area contributed by atoms with Gasteiger partial charge in [0.1, 0.15) is 5.69 Å². The number of carbonyl (C=O) groups is 1. The Morgan fingerprint density at radius 1 is 1.53 bits per heavy atom. The van der Waals surface area contributed by atoms with Gasteiger partial charge < -0.3 is 10.4 Å². The van der Waals surface area contributed by atoms with Crippen LogP contribution < -0.4 is 5.32 Å². The molecule has 1 aliphatic carbocycles. The van der Waals surface area contributed by atoms with Crippen LogP contribution in [0.25, 0.3) is 0 Å². The third-order valence-electron chi connectivity index (χ3n) is 3.03. The van der Waals surface area contributed by atoms with E-state index in [2.05, 4.69) is 10.4 Å². The topological polar surface area (TPSA) is 67.1 Å². The molecule has 0 atom stereocenters. The number of carboxylic acid groups (broad SMARTS) is 1. The monoisotopic (exact) mass is 207 g/mol. The first-order valence-electron chi connectivity index (χ1n) is 5.31. The summed E-state index contributed by atoms with van der Waals surface area (Å²) in [5.74, 6) is -0.836. The number of rotatable bonds is 2. The number of aromatic carboxylic acids is 1. The number of carboxylic acids is 1. The molecule has 1 saturated carbocycles. The highest BCUT2D eigenvalue weighted by molar-refractivity contribution is 5.88. The Balaban J connectivity index is 2.13. The highest BCUT2D eigenvalue weighted by atomic mass is 16.4. The summed E-state index contributed by atoms with van der Waals surface area (Å²) in [6.45, 7) is 1.55. The van der Waals surface area contributed by atoms with Crippen molar-refractivity contribution < 1.29 is 9.90 Å². The maximum atomic E-state index is 11.2. The van der Waals surface area contributed by atoms with Gasteiger partial charge in [0.25, 0.3) is 0 Å². The van der Waals surface area contributed by atoms with Gasteiger partial charge in [-0.15, -0.1) is 0 Å². The molecule has 1 aliphatic heterocycles. The van der Waals surface area contributed by atoms with Gasteiger partial charge >= 0.3 is 5.97 Å². The van der Waals surface area contributed by atoms with E-state index < -0.39 is 5.97 Å². The zero-order valence-electron chi connectivity index (χ0n) is 8.36. The van der Waals surface area contributed by atoms with Crippen LogP contribution in [0.2, 0.25) is 0 Å². The average Bonchev–Trinajstić information content (AvgIpc) is 2.98. The number of hydrogen-bond acceptors (Lipinski definition) is 3. The van der Waals surface area contributed by atoms with Crippen molar-refractivity contribution in [1.29, 1.82) is 0 Å². The molecule has 0 amide bonds. The third kappa shape index (κ3) is 1.34. The fraction of sp³-hybridized carbons (Fsp3) is 0.600. The molecule has 0 unspecified atom stereocenters. The van der Waals surface area contributed by atoms with Gasteiger partial charge in [-0.2, -0.15) is 5.10 Å². The summed E-state index contributed by atoms with van der Waals surface area (Å²) >= 11 is 0. The summed E-state index contributed by atoms with van der Waals surface area (Å²) in [6.07, 6.45) is 2.91. The molecular weight excluding hydrogens is 194 g/mol. The predicted octanol–water partition coefficient (Wildman–Crippen LogP) is 0.562. The van der Waals surface area contributed by atoms with Gasteiger partial charge in [0.05, 0.1) is 11.7 Å². The lowest BCUT2D eigenvalue weighted by atomic mass is 10.1. The van der Waals surface area contributed by atoms with E-state index in [-0.39, 0.29) is 0 Å². The lowest BCUT2D eigenvalue weighted by Crippen LogP contribution is -2.24. The molecule has 0 bridgehead atoms. The van der Waals surface area contributed by atoms with Crippen molar-refractivity contribution in [3.8, 4) is 0 Å². The minimum Gasteiger partial charge on any atom is -0.477 e. The lowest BCUT2D eigenvalue weighted by molar-refractivity contribution is 0.0681. The first kappa shape index (κ1) is 8.91. The van der Waals surface area contributed by atoms with Crippen molar-refractivity contribution in [2.75, 3.05) is 6.54 Å². The Labute approximate surface area is 87.1 Å². The van der Waals surface area contributed by atoms with Gasteiger partial charge in [0.2, 0.25) is 0 Å². The van der Waals surface area contributed by atoms with E-state index in [0.29, 0.717) is 18.3 Å². The molecular formula is C10H13N3O2. The van der Waals surface area contributed by atoms with Crippen LogP contribution in [0.15, 0.2) is 0 Å². The van der Waals surface area contributed by atoms with Crippen LogP contribution in [-0.2, 0) is 13.0 Å². The highest BCUT2D eigenvalue weighted by Gasteiger charge is 2.33. The zero-order valence-corrected chi connectivity index (χ0v) is 8.36. The average molecular weight is 207 g/mol. The second kappa shape index (κ2) is 3.06. The minimum absolute atomic E-state index is 0.335. The van der Waals surface area contributed by atoms with Crippen LogP contribution in [0.3, 0.4) is 0 Å². The fourth-order valence-corrected chi connectivity index (χ4v) is 2.15. The van der Waals surface area contributed by atoms with Crippen LogP contribution in [0, 0.1) is 0 Å². The van der Waals surface area contributed by atoms with Crippen LogP contribution in [0.1, 0.15) is 40.6 Å². The molecule has 2 N–H and O–H groups in total. The van der Waals surface area contributed by atoms with Crippen molar-refractivity contribution in [3.05, 3.63) is 17.0 Å². The van der Waals surface area contributed by atoms with Gasteiger partial charge in [-0.3, -0.25) is 4.68 Å². The summed E-state index contributed by atoms with van der Waals surface area (Å²) < 4.78 is 1.72. The molecule has 80 valence electrons. The highest BCUT2D eigenvalue weighted by Crippen LogP contribution is 2.37. The lowest BCUT2D eigenvalue weighted by Gasteiger charge is -2.11. The second-order valence-electron chi connectivity index (χ2n) is 4.18. The summed E-state index contributed by atoms with van der Waals surface area (Å²) in [5.41, 5.74) is 2.28. The molecule has 2 heterocycles. The standard InChI is InChI=1S/C10H13N3O2/c14-10(15)9-7-3-4-11-5-8(7)12-13(9)6-1-2-6/h6,11H,1-5H2,(H,14,15). The van der Waals surface area contributed by atoms with Gasteiger partial charge in [0, 0.05) is 12.1 Å². The second-order valence-corrected chi connectivity index (χ2v) is 4.18. The van der Waals surface area contributed by atoms with Crippen molar-refractivity contribution in [2.24, 2.45) is 0 Å². The summed E-state index contributed by atoms with van der Waals surface area (Å²) in [7, 11) is 0. The van der Waals surface area contributed by atoms with E-state index in [1.165, 1.54) is 0 Å². The Morgan fingerprint density at radius 3 is 3.00 bits per heavy atom. The number of aromatic nitrogens is 2. The zero-order chi connectivity index (χ0) is 10.4. The molecule has 0 spiro atoms. The predicted molar refractivity (Wildman–Crippen MR) is 52.9 cm³/mol. The number of hydrogen-bond donors (Lipinski definition) is 2. The largest absolute Gasteiger partial charge is 0.477 e. The Kier molecular flexibility index (Phi) is 1.82. The first-order valence-corrected chi connectivity index (χ1v) is 5.31. The van der Waals surface area contributed by atoms with Crippen LogP contribution in [0.4, 0.5) is 0 Å². The van der Waals surface area contributed by atoms with Crippen molar-refractivity contribution in [1.82, 2.24) is 15.1 Å².